The van der Waals surface area contributed by atoms with Gasteiger partial charge in [-0.3, -0.25) is 0 Å². The molecular weight excluding hydrogens is 232 g/mol. The van der Waals surface area contributed by atoms with Gasteiger partial charge >= 0.3 is 6.01 Å². The first-order chi connectivity index (χ1) is 8.71. The standard InChI is InChI=1S/C12H24N4O2/c1-5-7-13-9(3)11-15-16-12(18-11)14-10(6-2)8-17-4/h9-10,13H,5-8H2,1-4H3,(H,14,16). The van der Waals surface area contributed by atoms with Gasteiger partial charge in [0.1, 0.15) is 0 Å². The van der Waals surface area contributed by atoms with Gasteiger partial charge in [0.2, 0.25) is 5.89 Å². The molecule has 0 saturated carbocycles. The minimum atomic E-state index is 0.0792. The summed E-state index contributed by atoms with van der Waals surface area (Å²) in [6, 6.07) is 0.733. The third-order valence-corrected chi connectivity index (χ3v) is 2.70. The lowest BCUT2D eigenvalue weighted by Gasteiger charge is -2.13. The second-order valence-corrected chi connectivity index (χ2v) is 4.33. The van der Waals surface area contributed by atoms with Crippen molar-refractivity contribution in [2.24, 2.45) is 0 Å². The average molecular weight is 256 g/mol. The first kappa shape index (κ1) is 14.9. The number of ether oxygens (including phenoxy) is 1. The van der Waals surface area contributed by atoms with Crippen molar-refractivity contribution in [3.8, 4) is 0 Å². The van der Waals surface area contributed by atoms with Gasteiger partial charge in [-0.25, -0.2) is 0 Å². The molecule has 104 valence electrons. The highest BCUT2D eigenvalue weighted by Crippen LogP contribution is 2.14. The number of hydrogen-bond donors (Lipinski definition) is 2. The summed E-state index contributed by atoms with van der Waals surface area (Å²) in [5.41, 5.74) is 0. The molecule has 18 heavy (non-hydrogen) atoms. The van der Waals surface area contributed by atoms with Crippen molar-refractivity contribution in [3.05, 3.63) is 5.89 Å². The molecule has 0 aromatic carbocycles. The third-order valence-electron chi connectivity index (χ3n) is 2.70. The average Bonchev–Trinajstić information content (AvgIpc) is 2.84. The van der Waals surface area contributed by atoms with Crippen LogP contribution in [-0.4, -0.2) is 36.5 Å². The van der Waals surface area contributed by atoms with Gasteiger partial charge in [0, 0.05) is 7.11 Å². The molecule has 0 bridgehead atoms. The normalized spacial score (nSPS) is 14.4. The van der Waals surface area contributed by atoms with E-state index < -0.39 is 0 Å². The molecule has 6 nitrogen and oxygen atoms in total. The summed E-state index contributed by atoms with van der Waals surface area (Å²) in [6.07, 6.45) is 2.02. The molecular formula is C12H24N4O2. The number of rotatable bonds is 9. The second kappa shape index (κ2) is 8.05. The van der Waals surface area contributed by atoms with E-state index in [0.29, 0.717) is 18.5 Å². The van der Waals surface area contributed by atoms with Gasteiger partial charge in [-0.2, -0.15) is 0 Å². The fraction of sp³-hybridized carbons (Fsp3) is 0.833. The van der Waals surface area contributed by atoms with E-state index in [0.717, 1.165) is 19.4 Å². The maximum atomic E-state index is 5.57. The highest BCUT2D eigenvalue weighted by molar-refractivity contribution is 5.19. The monoisotopic (exact) mass is 256 g/mol. The topological polar surface area (TPSA) is 72.2 Å². The van der Waals surface area contributed by atoms with Crippen LogP contribution in [0.25, 0.3) is 0 Å². The van der Waals surface area contributed by atoms with Gasteiger partial charge in [-0.15, -0.1) is 5.10 Å². The van der Waals surface area contributed by atoms with Crippen LogP contribution in [0.4, 0.5) is 6.01 Å². The molecule has 1 aromatic heterocycles. The minimum absolute atomic E-state index is 0.0792. The Bertz CT molecular complexity index is 330. The quantitative estimate of drug-likeness (QED) is 0.704. The Morgan fingerprint density at radius 2 is 2.11 bits per heavy atom. The SMILES string of the molecule is CCCNC(C)c1nnc(NC(CC)COC)o1. The molecule has 0 saturated heterocycles. The lowest BCUT2D eigenvalue weighted by Crippen LogP contribution is -2.24. The van der Waals surface area contributed by atoms with Crippen molar-refractivity contribution in [2.45, 2.75) is 45.7 Å². The van der Waals surface area contributed by atoms with E-state index in [9.17, 15) is 0 Å². The van der Waals surface area contributed by atoms with Crippen molar-refractivity contribution in [1.29, 1.82) is 0 Å². The molecule has 0 spiro atoms. The van der Waals surface area contributed by atoms with E-state index >= 15 is 0 Å². The highest BCUT2D eigenvalue weighted by atomic mass is 16.5. The van der Waals surface area contributed by atoms with E-state index in [1.54, 1.807) is 7.11 Å². The zero-order valence-electron chi connectivity index (χ0n) is 11.7. The van der Waals surface area contributed by atoms with Crippen LogP contribution in [0.15, 0.2) is 4.42 Å². The van der Waals surface area contributed by atoms with Gasteiger partial charge in [-0.1, -0.05) is 18.9 Å². The highest BCUT2D eigenvalue weighted by Gasteiger charge is 2.15. The number of aromatic nitrogens is 2. The molecule has 0 amide bonds. The molecule has 1 aromatic rings. The van der Waals surface area contributed by atoms with Crippen molar-refractivity contribution >= 4 is 6.01 Å². The van der Waals surface area contributed by atoms with Crippen LogP contribution in [0.3, 0.4) is 0 Å². The molecule has 1 rings (SSSR count). The summed E-state index contributed by atoms with van der Waals surface area (Å²) < 4.78 is 10.7. The van der Waals surface area contributed by atoms with Gasteiger partial charge < -0.3 is 19.8 Å². The Kier molecular flexibility index (Phi) is 6.67. The lowest BCUT2D eigenvalue weighted by molar-refractivity contribution is 0.183. The van der Waals surface area contributed by atoms with Crippen LogP contribution in [0.2, 0.25) is 0 Å². The van der Waals surface area contributed by atoms with Gasteiger partial charge in [0.15, 0.2) is 0 Å². The van der Waals surface area contributed by atoms with E-state index in [-0.39, 0.29) is 12.1 Å². The molecule has 0 aliphatic rings. The Balaban J connectivity index is 2.51. The van der Waals surface area contributed by atoms with Crippen molar-refractivity contribution < 1.29 is 9.15 Å². The molecule has 2 atom stereocenters. The van der Waals surface area contributed by atoms with Crippen LogP contribution in [0.1, 0.15) is 45.5 Å². The van der Waals surface area contributed by atoms with Crippen LogP contribution < -0.4 is 10.6 Å². The predicted octanol–water partition coefficient (Wildman–Crippen LogP) is 1.97. The van der Waals surface area contributed by atoms with Crippen LogP contribution in [0.5, 0.6) is 0 Å². The summed E-state index contributed by atoms with van der Waals surface area (Å²) in [5.74, 6) is 0.609. The Labute approximate surface area is 108 Å². The number of nitrogens with one attached hydrogen (secondary N) is 2. The zero-order chi connectivity index (χ0) is 13.4. The summed E-state index contributed by atoms with van der Waals surface area (Å²) in [7, 11) is 1.68. The summed E-state index contributed by atoms with van der Waals surface area (Å²) in [5, 5.41) is 14.5. The summed E-state index contributed by atoms with van der Waals surface area (Å²) in [4.78, 5) is 0. The fourth-order valence-corrected chi connectivity index (χ4v) is 1.55. The van der Waals surface area contributed by atoms with Crippen LogP contribution in [0, 0.1) is 0 Å². The largest absolute Gasteiger partial charge is 0.406 e. The molecule has 2 unspecified atom stereocenters. The maximum Gasteiger partial charge on any atom is 0.315 e. The van der Waals surface area contributed by atoms with E-state index in [1.807, 2.05) is 6.92 Å². The molecule has 6 heteroatoms. The number of nitrogens with zero attached hydrogens (tertiary/aromatic N) is 2. The molecule has 0 aliphatic heterocycles. The maximum absolute atomic E-state index is 5.57. The van der Waals surface area contributed by atoms with E-state index in [1.165, 1.54) is 0 Å². The Morgan fingerprint density at radius 1 is 1.33 bits per heavy atom. The van der Waals surface area contributed by atoms with Crippen LogP contribution in [-0.2, 0) is 4.74 Å². The summed E-state index contributed by atoms with van der Waals surface area (Å²) >= 11 is 0. The first-order valence-electron chi connectivity index (χ1n) is 6.53. The molecule has 0 aliphatic carbocycles. The van der Waals surface area contributed by atoms with Crippen molar-refractivity contribution in [2.75, 3.05) is 25.6 Å². The Morgan fingerprint density at radius 3 is 2.72 bits per heavy atom. The first-order valence-corrected chi connectivity index (χ1v) is 6.53. The van der Waals surface area contributed by atoms with Gasteiger partial charge in [-0.05, 0) is 26.3 Å². The predicted molar refractivity (Wildman–Crippen MR) is 70.6 cm³/mol. The van der Waals surface area contributed by atoms with E-state index in [4.69, 9.17) is 9.15 Å². The molecule has 2 N–H and O–H groups in total. The smallest absolute Gasteiger partial charge is 0.315 e. The minimum Gasteiger partial charge on any atom is -0.406 e. The van der Waals surface area contributed by atoms with Gasteiger partial charge in [0.05, 0.1) is 18.7 Å². The molecule has 0 fully saturated rings. The second-order valence-electron chi connectivity index (χ2n) is 4.33. The van der Waals surface area contributed by atoms with E-state index in [2.05, 4.69) is 34.7 Å². The summed E-state index contributed by atoms with van der Waals surface area (Å²) in [6.45, 7) is 7.78. The number of anilines is 1. The number of hydrogen-bond acceptors (Lipinski definition) is 6. The lowest BCUT2D eigenvalue weighted by atomic mass is 10.2. The van der Waals surface area contributed by atoms with Crippen LogP contribution >= 0.6 is 0 Å². The molecule has 0 radical (unpaired) electrons. The Hall–Kier alpha value is -1.14. The molecule has 1 heterocycles. The van der Waals surface area contributed by atoms with Gasteiger partial charge in [0.25, 0.3) is 0 Å². The third kappa shape index (κ3) is 4.62. The fourth-order valence-electron chi connectivity index (χ4n) is 1.55. The zero-order valence-corrected chi connectivity index (χ0v) is 11.7. The van der Waals surface area contributed by atoms with Crippen molar-refractivity contribution in [1.82, 2.24) is 15.5 Å². The number of methoxy groups -OCH3 is 1. The van der Waals surface area contributed by atoms with Crippen molar-refractivity contribution in [3.63, 3.8) is 0 Å².